The number of nitrogens with one attached hydrogen (secondary N) is 1. The maximum atomic E-state index is 10.8. The number of hydrogen-bond acceptors (Lipinski definition) is 3. The van der Waals surface area contributed by atoms with Crippen molar-refractivity contribution in [2.75, 3.05) is 12.3 Å². The molecule has 0 radical (unpaired) electrons. The predicted octanol–water partition coefficient (Wildman–Crippen LogP) is 0.796. The van der Waals surface area contributed by atoms with Gasteiger partial charge in [0.05, 0.1) is 0 Å². The Morgan fingerprint density at radius 2 is 2.30 bits per heavy atom. The van der Waals surface area contributed by atoms with Crippen LogP contribution < -0.4 is 11.1 Å². The van der Waals surface area contributed by atoms with Crippen LogP contribution in [0.1, 0.15) is 13.8 Å². The van der Waals surface area contributed by atoms with E-state index in [0.717, 1.165) is 0 Å². The van der Waals surface area contributed by atoms with Crippen molar-refractivity contribution >= 4 is 17.0 Å². The molecule has 0 spiro atoms. The van der Waals surface area contributed by atoms with Gasteiger partial charge in [0.15, 0.2) is 0 Å². The van der Waals surface area contributed by atoms with Gasteiger partial charge in [-0.3, -0.25) is 4.79 Å². The summed E-state index contributed by atoms with van der Waals surface area (Å²) in [6.07, 6.45) is 0. The molecule has 1 amide bonds. The molecule has 0 saturated heterocycles. The van der Waals surface area contributed by atoms with E-state index in [1.165, 1.54) is 11.8 Å². The van der Waals surface area contributed by atoms with Gasteiger partial charge in [-0.2, -0.15) is 0 Å². The molecule has 0 aliphatic heterocycles. The van der Waals surface area contributed by atoms with E-state index in [-0.39, 0.29) is 11.3 Å². The van der Waals surface area contributed by atoms with Crippen molar-refractivity contribution in [2.45, 2.75) is 19.9 Å². The summed E-state index contributed by atoms with van der Waals surface area (Å²) in [6, 6.07) is 0.220. The van der Waals surface area contributed by atoms with Crippen molar-refractivity contribution in [3.8, 4) is 0 Å². The second-order valence-corrected chi connectivity index (χ2v) is 3.29. The van der Waals surface area contributed by atoms with Crippen LogP contribution in [0.5, 0.6) is 0 Å². The highest BCUT2D eigenvalue weighted by atomic mass is 32.2. The van der Waals surface area contributed by atoms with Crippen LogP contribution in [-0.2, 0) is 0 Å². The van der Waals surface area contributed by atoms with Gasteiger partial charge in [0, 0.05) is 18.3 Å². The Kier molecular flexibility index (Phi) is 5.43. The van der Waals surface area contributed by atoms with E-state index >= 15 is 0 Å². The van der Waals surface area contributed by atoms with Crippen molar-refractivity contribution in [1.82, 2.24) is 5.32 Å². The fraction of sp³-hybridized carbons (Fsp3) is 0.833. The molecule has 0 heterocycles. The second kappa shape index (κ2) is 5.56. The third kappa shape index (κ3) is 5.91. The number of rotatable bonds is 3. The average molecular weight is 162 g/mol. The Morgan fingerprint density at radius 1 is 1.70 bits per heavy atom. The lowest BCUT2D eigenvalue weighted by Gasteiger charge is -2.05. The fourth-order valence-electron chi connectivity index (χ4n) is 0.429. The molecule has 0 aliphatic carbocycles. The minimum atomic E-state index is 0.0143. The molecule has 0 aromatic rings. The third-order valence-electron chi connectivity index (χ3n) is 0.758. The van der Waals surface area contributed by atoms with E-state index in [9.17, 15) is 4.79 Å². The van der Waals surface area contributed by atoms with Gasteiger partial charge in [0.2, 0.25) is 0 Å². The van der Waals surface area contributed by atoms with E-state index in [4.69, 9.17) is 5.73 Å². The van der Waals surface area contributed by atoms with Gasteiger partial charge >= 0.3 is 0 Å². The Labute approximate surface area is 65.7 Å². The molecule has 0 unspecified atom stereocenters. The Bertz CT molecular complexity index is 106. The van der Waals surface area contributed by atoms with Crippen LogP contribution in [-0.4, -0.2) is 23.6 Å². The van der Waals surface area contributed by atoms with Crippen LogP contribution in [0.15, 0.2) is 0 Å². The zero-order valence-electron chi connectivity index (χ0n) is 6.39. The molecule has 0 atom stereocenters. The van der Waals surface area contributed by atoms with E-state index < -0.39 is 0 Å². The van der Waals surface area contributed by atoms with Crippen molar-refractivity contribution in [2.24, 2.45) is 5.73 Å². The lowest BCUT2D eigenvalue weighted by atomic mass is 10.4. The van der Waals surface area contributed by atoms with Crippen LogP contribution in [0.4, 0.5) is 4.79 Å². The van der Waals surface area contributed by atoms with Crippen molar-refractivity contribution in [3.63, 3.8) is 0 Å². The number of carbonyl (C=O) groups excluding carboxylic acids is 1. The molecule has 0 saturated carbocycles. The Balaban J connectivity index is 3.26. The summed E-state index contributed by atoms with van der Waals surface area (Å²) < 4.78 is 0. The van der Waals surface area contributed by atoms with Gasteiger partial charge in [-0.25, -0.2) is 0 Å². The first-order valence-corrected chi connectivity index (χ1v) is 4.28. The molecule has 0 aromatic carbocycles. The summed E-state index contributed by atoms with van der Waals surface area (Å²) in [4.78, 5) is 10.8. The fourth-order valence-corrected chi connectivity index (χ4v) is 1.05. The molecule has 0 bridgehead atoms. The highest BCUT2D eigenvalue weighted by molar-refractivity contribution is 8.13. The van der Waals surface area contributed by atoms with E-state index in [1.54, 1.807) is 0 Å². The summed E-state index contributed by atoms with van der Waals surface area (Å²) >= 11 is 1.23. The largest absolute Gasteiger partial charge is 0.345 e. The van der Waals surface area contributed by atoms with Gasteiger partial charge < -0.3 is 11.1 Å². The van der Waals surface area contributed by atoms with E-state index in [2.05, 4.69) is 5.32 Å². The molecule has 0 aromatic heterocycles. The molecule has 4 heteroatoms. The van der Waals surface area contributed by atoms with Crippen LogP contribution in [0.25, 0.3) is 0 Å². The Morgan fingerprint density at radius 3 is 2.70 bits per heavy atom. The molecule has 0 rings (SSSR count). The van der Waals surface area contributed by atoms with Crippen molar-refractivity contribution < 1.29 is 4.79 Å². The highest BCUT2D eigenvalue weighted by Gasteiger charge is 2.01. The lowest BCUT2D eigenvalue weighted by Crippen LogP contribution is -2.27. The van der Waals surface area contributed by atoms with Gasteiger partial charge in [-0.1, -0.05) is 11.8 Å². The first kappa shape index (κ1) is 9.78. The van der Waals surface area contributed by atoms with Gasteiger partial charge in [-0.05, 0) is 13.8 Å². The summed E-state index contributed by atoms with van der Waals surface area (Å²) in [5.74, 6) is 0.693. The normalized spacial score (nSPS) is 10.0. The first-order chi connectivity index (χ1) is 4.66. The van der Waals surface area contributed by atoms with Crippen LogP contribution in [0.3, 0.4) is 0 Å². The smallest absolute Gasteiger partial charge is 0.279 e. The maximum absolute atomic E-state index is 10.8. The third-order valence-corrected chi connectivity index (χ3v) is 1.58. The quantitative estimate of drug-likeness (QED) is 0.645. The van der Waals surface area contributed by atoms with Gasteiger partial charge in [-0.15, -0.1) is 0 Å². The SMILES string of the molecule is CC(C)NC(=O)SCCN. The zero-order chi connectivity index (χ0) is 7.98. The summed E-state index contributed by atoms with van der Waals surface area (Å²) in [7, 11) is 0. The van der Waals surface area contributed by atoms with Gasteiger partial charge in [0.1, 0.15) is 0 Å². The lowest BCUT2D eigenvalue weighted by molar-refractivity contribution is 0.259. The predicted molar refractivity (Wildman–Crippen MR) is 45.2 cm³/mol. The second-order valence-electron chi connectivity index (χ2n) is 2.22. The van der Waals surface area contributed by atoms with Crippen LogP contribution in [0, 0.1) is 0 Å². The van der Waals surface area contributed by atoms with Crippen molar-refractivity contribution in [1.29, 1.82) is 0 Å². The topological polar surface area (TPSA) is 55.1 Å². The first-order valence-electron chi connectivity index (χ1n) is 3.30. The molecular formula is C6H14N2OS. The molecule has 3 N–H and O–H groups in total. The number of hydrogen-bond donors (Lipinski definition) is 2. The van der Waals surface area contributed by atoms with Gasteiger partial charge in [0.25, 0.3) is 5.24 Å². The highest BCUT2D eigenvalue weighted by Crippen LogP contribution is 1.99. The van der Waals surface area contributed by atoms with Crippen LogP contribution >= 0.6 is 11.8 Å². The number of nitrogens with two attached hydrogens (primary N) is 1. The minimum absolute atomic E-state index is 0.0143. The monoisotopic (exact) mass is 162 g/mol. The Hall–Kier alpha value is -0.220. The molecular weight excluding hydrogens is 148 g/mol. The summed E-state index contributed by atoms with van der Waals surface area (Å²) in [6.45, 7) is 4.41. The number of thioether (sulfide) groups is 1. The summed E-state index contributed by atoms with van der Waals surface area (Å²) in [5.41, 5.74) is 5.21. The average Bonchev–Trinajstić information content (AvgIpc) is 1.82. The molecule has 3 nitrogen and oxygen atoms in total. The standard InChI is InChI=1S/C6H14N2OS/c1-5(2)8-6(9)10-4-3-7/h5H,3-4,7H2,1-2H3,(H,8,9). The zero-order valence-corrected chi connectivity index (χ0v) is 7.20. The maximum Gasteiger partial charge on any atom is 0.279 e. The van der Waals surface area contributed by atoms with E-state index in [0.29, 0.717) is 12.3 Å². The molecule has 0 fully saturated rings. The van der Waals surface area contributed by atoms with Crippen LogP contribution in [0.2, 0.25) is 0 Å². The minimum Gasteiger partial charge on any atom is -0.345 e. The number of carbonyl (C=O) groups is 1. The summed E-state index contributed by atoms with van der Waals surface area (Å²) in [5, 5.41) is 2.76. The van der Waals surface area contributed by atoms with E-state index in [1.807, 2.05) is 13.8 Å². The molecule has 0 aliphatic rings. The molecule has 60 valence electrons. The molecule has 10 heavy (non-hydrogen) atoms. The number of amides is 1. The van der Waals surface area contributed by atoms with Crippen molar-refractivity contribution in [3.05, 3.63) is 0 Å².